The van der Waals surface area contributed by atoms with Crippen molar-refractivity contribution in [2.45, 2.75) is 97.2 Å². The summed E-state index contributed by atoms with van der Waals surface area (Å²) in [6, 6.07) is 0. The molecular formula is C26H43NNaO5+. The second-order valence-electron chi connectivity index (χ2n) is 12.1. The maximum absolute atomic E-state index is 12.0. The van der Waals surface area contributed by atoms with Crippen LogP contribution in [-0.4, -0.2) is 45.9 Å². The summed E-state index contributed by atoms with van der Waals surface area (Å²) >= 11 is 0. The molecule has 4 fully saturated rings. The molecule has 0 unspecified atom stereocenters. The van der Waals surface area contributed by atoms with Crippen molar-refractivity contribution >= 4 is 11.9 Å². The Morgan fingerprint density at radius 2 is 1.67 bits per heavy atom. The van der Waals surface area contributed by atoms with E-state index in [0.717, 1.165) is 44.9 Å². The van der Waals surface area contributed by atoms with Gasteiger partial charge in [-0.15, -0.1) is 0 Å². The van der Waals surface area contributed by atoms with Crippen LogP contribution in [0.4, 0.5) is 0 Å². The van der Waals surface area contributed by atoms with Gasteiger partial charge in [0, 0.05) is 6.42 Å². The molecule has 4 N–H and O–H groups in total. The van der Waals surface area contributed by atoms with Gasteiger partial charge in [-0.25, -0.2) is 0 Å². The second-order valence-corrected chi connectivity index (χ2v) is 12.1. The molecule has 4 rings (SSSR count). The summed E-state index contributed by atoms with van der Waals surface area (Å²) in [5, 5.41) is 32.8. The van der Waals surface area contributed by atoms with Crippen LogP contribution >= 0.6 is 0 Å². The van der Waals surface area contributed by atoms with E-state index < -0.39 is 5.97 Å². The normalized spacial score (nSPS) is 45.1. The Hall–Kier alpha value is -0.140. The van der Waals surface area contributed by atoms with E-state index in [0.29, 0.717) is 41.9 Å². The smallest absolute Gasteiger partial charge is 0.480 e. The zero-order valence-corrected chi connectivity index (χ0v) is 23.1. The molecule has 0 aliphatic heterocycles. The minimum absolute atomic E-state index is 0. The van der Waals surface area contributed by atoms with Gasteiger partial charge in [0.25, 0.3) is 0 Å². The number of aliphatic hydroxyl groups excluding tert-OH is 2. The molecule has 4 aliphatic carbocycles. The quantitative estimate of drug-likeness (QED) is 0.424. The first-order valence-electron chi connectivity index (χ1n) is 12.9. The van der Waals surface area contributed by atoms with Gasteiger partial charge < -0.3 is 20.6 Å². The molecule has 6 nitrogen and oxygen atoms in total. The van der Waals surface area contributed by atoms with Gasteiger partial charge in [0.15, 0.2) is 0 Å². The third kappa shape index (κ3) is 5.07. The number of carbonyl (C=O) groups is 2. The number of aliphatic hydroxyl groups is 2. The average Bonchev–Trinajstić information content (AvgIpc) is 3.09. The van der Waals surface area contributed by atoms with E-state index in [2.05, 4.69) is 26.1 Å². The van der Waals surface area contributed by atoms with E-state index in [1.165, 1.54) is 12.8 Å². The fourth-order valence-electron chi connectivity index (χ4n) is 9.00. The summed E-state index contributed by atoms with van der Waals surface area (Å²) < 4.78 is 0. The van der Waals surface area contributed by atoms with Crippen molar-refractivity contribution in [2.24, 2.45) is 46.3 Å². The Kier molecular flexibility index (Phi) is 8.70. The Balaban J connectivity index is 0.00000306. The predicted molar refractivity (Wildman–Crippen MR) is 122 cm³/mol. The van der Waals surface area contributed by atoms with E-state index in [9.17, 15) is 19.8 Å². The largest absolute Gasteiger partial charge is 1.00 e. The molecule has 4 aliphatic rings. The Morgan fingerprint density at radius 3 is 2.36 bits per heavy atom. The molecule has 182 valence electrons. The van der Waals surface area contributed by atoms with E-state index >= 15 is 0 Å². The molecule has 0 heterocycles. The molecule has 0 saturated heterocycles. The number of carboxylic acids is 1. The molecule has 0 aromatic rings. The van der Waals surface area contributed by atoms with Crippen LogP contribution in [-0.2, 0) is 9.59 Å². The van der Waals surface area contributed by atoms with Crippen LogP contribution in [0, 0.1) is 46.3 Å². The van der Waals surface area contributed by atoms with Gasteiger partial charge >= 0.3 is 35.5 Å². The van der Waals surface area contributed by atoms with Gasteiger partial charge in [0.1, 0.15) is 6.54 Å². The number of nitrogens with one attached hydrogen (secondary N) is 1. The van der Waals surface area contributed by atoms with E-state index in [4.69, 9.17) is 5.11 Å². The van der Waals surface area contributed by atoms with Gasteiger partial charge in [-0.1, -0.05) is 20.8 Å². The topological polar surface area (TPSA) is 107 Å². The van der Waals surface area contributed by atoms with Crippen molar-refractivity contribution < 1.29 is 54.5 Å². The number of amides is 1. The second kappa shape index (κ2) is 10.5. The molecule has 0 aromatic carbocycles. The van der Waals surface area contributed by atoms with Gasteiger partial charge in [-0.05, 0) is 104 Å². The van der Waals surface area contributed by atoms with Crippen LogP contribution in [0.15, 0.2) is 0 Å². The van der Waals surface area contributed by atoms with Crippen molar-refractivity contribution in [3.05, 3.63) is 0 Å². The molecule has 0 radical (unpaired) electrons. The summed E-state index contributed by atoms with van der Waals surface area (Å²) in [5.41, 5.74) is 0.451. The fraction of sp³-hybridized carbons (Fsp3) is 0.923. The molecule has 10 atom stereocenters. The first kappa shape index (κ1) is 27.4. The maximum atomic E-state index is 12.0. The third-order valence-electron chi connectivity index (χ3n) is 10.7. The molecule has 4 saturated carbocycles. The van der Waals surface area contributed by atoms with E-state index in [1.54, 1.807) is 0 Å². The summed E-state index contributed by atoms with van der Waals surface area (Å²) in [6.07, 6.45) is 9.06. The predicted octanol–water partition coefficient (Wildman–Crippen LogP) is 0.598. The van der Waals surface area contributed by atoms with Crippen molar-refractivity contribution in [3.63, 3.8) is 0 Å². The number of aliphatic carboxylic acids is 1. The van der Waals surface area contributed by atoms with Crippen LogP contribution in [0.2, 0.25) is 0 Å². The molecule has 0 aromatic heterocycles. The zero-order chi connectivity index (χ0) is 23.3. The van der Waals surface area contributed by atoms with Crippen molar-refractivity contribution in [3.8, 4) is 0 Å². The van der Waals surface area contributed by atoms with Crippen molar-refractivity contribution in [1.29, 1.82) is 0 Å². The standard InChI is InChI=1S/C26H43NO5.Na/c1-15(4-7-22(30)27-14-23(31)32)18-5-6-19-24-20(9-11-26(18,19)3)25(2)10-8-17(28)12-16(25)13-21(24)29;/h15-21,24,28-29H,4-14H2,1-3H3,(H,27,30)(H,31,32);/q;+1/t15-,16+,17-,18-,19+,20+,21-,24+,25+,26-;/m1./s1. The zero-order valence-electron chi connectivity index (χ0n) is 21.1. The van der Waals surface area contributed by atoms with Crippen LogP contribution in [0.1, 0.15) is 85.0 Å². The number of fused-ring (bicyclic) bond motifs is 5. The first-order chi connectivity index (χ1) is 15.1. The SMILES string of the molecule is C[C@H](CCC(=O)NCC(=O)O)[C@H]1CC[C@H]2[C@@H]3[C@H](O)C[C@@H]4C[C@H](O)CC[C@]4(C)[C@H]3CC[C@]12C.[Na+]. The summed E-state index contributed by atoms with van der Waals surface area (Å²) in [7, 11) is 0. The minimum atomic E-state index is -1.01. The number of rotatable bonds is 6. The van der Waals surface area contributed by atoms with Crippen molar-refractivity contribution in [2.75, 3.05) is 6.54 Å². The van der Waals surface area contributed by atoms with Gasteiger partial charge in [0.05, 0.1) is 12.2 Å². The fourth-order valence-corrected chi connectivity index (χ4v) is 9.00. The van der Waals surface area contributed by atoms with E-state index in [-0.39, 0.29) is 65.0 Å². The van der Waals surface area contributed by atoms with Crippen molar-refractivity contribution in [1.82, 2.24) is 5.32 Å². The summed E-state index contributed by atoms with van der Waals surface area (Å²) in [4.78, 5) is 22.7. The van der Waals surface area contributed by atoms with E-state index in [1.807, 2.05) is 0 Å². The molecule has 0 bridgehead atoms. The third-order valence-corrected chi connectivity index (χ3v) is 10.7. The Labute approximate surface area is 221 Å². The van der Waals surface area contributed by atoms with Crippen LogP contribution in [0.5, 0.6) is 0 Å². The van der Waals surface area contributed by atoms with Gasteiger partial charge in [0.2, 0.25) is 5.91 Å². The van der Waals surface area contributed by atoms with Gasteiger partial charge in [-0.2, -0.15) is 0 Å². The number of carboxylic acid groups (broad SMARTS) is 1. The number of carbonyl (C=O) groups excluding carboxylic acids is 1. The molecule has 33 heavy (non-hydrogen) atoms. The molecular weight excluding hydrogens is 429 g/mol. The Bertz CT molecular complexity index is 733. The molecule has 0 spiro atoms. The van der Waals surface area contributed by atoms with Crippen LogP contribution in [0.3, 0.4) is 0 Å². The first-order valence-corrected chi connectivity index (χ1v) is 12.9. The molecule has 1 amide bonds. The minimum Gasteiger partial charge on any atom is -0.480 e. The number of hydrogen-bond acceptors (Lipinski definition) is 4. The maximum Gasteiger partial charge on any atom is 1.00 e. The van der Waals surface area contributed by atoms with Crippen LogP contribution in [0.25, 0.3) is 0 Å². The summed E-state index contributed by atoms with van der Waals surface area (Å²) in [6.45, 7) is 6.83. The average molecular weight is 473 g/mol. The summed E-state index contributed by atoms with van der Waals surface area (Å²) in [5.74, 6) is 1.66. The molecule has 7 heteroatoms. The number of hydrogen-bond donors (Lipinski definition) is 4. The van der Waals surface area contributed by atoms with Gasteiger partial charge in [-0.3, -0.25) is 9.59 Å². The monoisotopic (exact) mass is 472 g/mol. The van der Waals surface area contributed by atoms with Crippen LogP contribution < -0.4 is 34.9 Å². The Morgan fingerprint density at radius 1 is 1.00 bits per heavy atom.